The van der Waals surface area contributed by atoms with Crippen molar-refractivity contribution in [3.63, 3.8) is 0 Å². The number of carbonyl (C=O) groups excluding carboxylic acids is 3. The Morgan fingerprint density at radius 1 is 1.21 bits per heavy atom. The van der Waals surface area contributed by atoms with Gasteiger partial charge in [0.15, 0.2) is 0 Å². The molecule has 0 spiro atoms. The number of aromatic nitrogens is 1. The van der Waals surface area contributed by atoms with Crippen molar-refractivity contribution < 1.29 is 23.9 Å². The van der Waals surface area contributed by atoms with Crippen LogP contribution in [0.4, 0.5) is 5.69 Å². The normalized spacial score (nSPS) is 10.0. The van der Waals surface area contributed by atoms with Crippen molar-refractivity contribution in [2.75, 3.05) is 19.0 Å². The summed E-state index contributed by atoms with van der Waals surface area (Å²) in [4.78, 5) is 36.7. The minimum Gasteiger partial charge on any atom is -0.493 e. The van der Waals surface area contributed by atoms with Crippen molar-refractivity contribution in [2.24, 2.45) is 5.73 Å². The number of H-pyrrole nitrogens is 1. The Hall–Kier alpha value is -3.29. The zero-order valence-electron chi connectivity index (χ0n) is 13.0. The van der Waals surface area contributed by atoms with E-state index in [1.807, 2.05) is 0 Å². The third-order valence-corrected chi connectivity index (χ3v) is 3.08. The first kappa shape index (κ1) is 17.1. The van der Waals surface area contributed by atoms with Gasteiger partial charge < -0.3 is 25.5 Å². The van der Waals surface area contributed by atoms with Gasteiger partial charge in [-0.15, -0.1) is 0 Å². The van der Waals surface area contributed by atoms with Crippen LogP contribution in [0.25, 0.3) is 0 Å². The summed E-state index contributed by atoms with van der Waals surface area (Å²) in [5.41, 5.74) is 6.08. The number of aromatic amines is 1. The number of primary amides is 1. The van der Waals surface area contributed by atoms with Gasteiger partial charge in [-0.1, -0.05) is 0 Å². The van der Waals surface area contributed by atoms with Crippen molar-refractivity contribution in [1.29, 1.82) is 0 Å². The number of hydrogen-bond donors (Lipinski definition) is 3. The number of amides is 2. The van der Waals surface area contributed by atoms with Crippen molar-refractivity contribution in [2.45, 2.75) is 6.42 Å². The smallest absolute Gasteiger partial charge is 0.354 e. The maximum absolute atomic E-state index is 12.1. The molecule has 8 heteroatoms. The van der Waals surface area contributed by atoms with E-state index in [0.29, 0.717) is 17.0 Å². The monoisotopic (exact) mass is 331 g/mol. The van der Waals surface area contributed by atoms with Gasteiger partial charge in [-0.2, -0.15) is 0 Å². The fourth-order valence-electron chi connectivity index (χ4n) is 1.86. The molecule has 0 aliphatic carbocycles. The molecule has 0 bridgehead atoms. The van der Waals surface area contributed by atoms with Crippen LogP contribution in [0.5, 0.6) is 5.75 Å². The highest BCUT2D eigenvalue weighted by Crippen LogP contribution is 2.17. The molecular weight excluding hydrogens is 314 g/mol. The second-order valence-electron chi connectivity index (χ2n) is 4.84. The van der Waals surface area contributed by atoms with Gasteiger partial charge in [0.25, 0.3) is 5.91 Å². The molecule has 0 atom stereocenters. The zero-order chi connectivity index (χ0) is 17.5. The number of benzene rings is 1. The summed E-state index contributed by atoms with van der Waals surface area (Å²) in [6, 6.07) is 8.04. The van der Waals surface area contributed by atoms with Gasteiger partial charge in [0.1, 0.15) is 11.4 Å². The Kier molecular flexibility index (Phi) is 5.56. The van der Waals surface area contributed by atoms with E-state index >= 15 is 0 Å². The number of esters is 1. The Bertz CT molecular complexity index is 736. The molecule has 2 rings (SSSR count). The molecule has 0 saturated carbocycles. The number of hydrogen-bond acceptors (Lipinski definition) is 5. The molecule has 0 unspecified atom stereocenters. The molecule has 0 radical (unpaired) electrons. The minimum absolute atomic E-state index is 0.133. The fraction of sp³-hybridized carbons (Fsp3) is 0.188. The second kappa shape index (κ2) is 7.82. The summed E-state index contributed by atoms with van der Waals surface area (Å²) in [6.07, 6.45) is 1.55. The lowest BCUT2D eigenvalue weighted by Crippen LogP contribution is -2.14. The van der Waals surface area contributed by atoms with Crippen LogP contribution in [-0.4, -0.2) is 36.5 Å². The number of ether oxygens (including phenoxy) is 2. The van der Waals surface area contributed by atoms with Gasteiger partial charge in [-0.25, -0.2) is 4.79 Å². The predicted molar refractivity (Wildman–Crippen MR) is 85.8 cm³/mol. The fourth-order valence-corrected chi connectivity index (χ4v) is 1.86. The van der Waals surface area contributed by atoms with Crippen LogP contribution in [0.2, 0.25) is 0 Å². The molecule has 2 aromatic rings. The average Bonchev–Trinajstić information content (AvgIpc) is 3.05. The molecule has 1 aromatic carbocycles. The third kappa shape index (κ3) is 4.60. The van der Waals surface area contributed by atoms with Gasteiger partial charge >= 0.3 is 5.97 Å². The van der Waals surface area contributed by atoms with E-state index in [0.717, 1.165) is 0 Å². The van der Waals surface area contributed by atoms with E-state index in [4.69, 9.17) is 10.5 Å². The van der Waals surface area contributed by atoms with E-state index in [2.05, 4.69) is 15.0 Å². The molecule has 126 valence electrons. The number of rotatable bonds is 7. The number of anilines is 1. The molecule has 1 aromatic heterocycles. The van der Waals surface area contributed by atoms with Gasteiger partial charge in [-0.3, -0.25) is 9.59 Å². The van der Waals surface area contributed by atoms with E-state index in [1.165, 1.54) is 19.4 Å². The van der Waals surface area contributed by atoms with Crippen LogP contribution in [-0.2, 0) is 9.53 Å². The van der Waals surface area contributed by atoms with Crippen LogP contribution >= 0.6 is 0 Å². The first-order chi connectivity index (χ1) is 11.5. The molecule has 0 aliphatic heterocycles. The standard InChI is InChI=1S/C16H17N3O5/c1-23-16(22)13-8-10(9-18-13)15(21)19-11-2-4-12(5-3-11)24-7-6-14(17)20/h2-5,8-9,18H,6-7H2,1H3,(H2,17,20)(H,19,21). The average molecular weight is 331 g/mol. The maximum Gasteiger partial charge on any atom is 0.354 e. The second-order valence-corrected chi connectivity index (χ2v) is 4.84. The molecule has 0 aliphatic rings. The Morgan fingerprint density at radius 3 is 2.54 bits per heavy atom. The van der Waals surface area contributed by atoms with Crippen LogP contribution in [0.15, 0.2) is 36.5 Å². The summed E-state index contributed by atoms with van der Waals surface area (Å²) >= 11 is 0. The lowest BCUT2D eigenvalue weighted by molar-refractivity contribution is -0.118. The molecule has 2 amide bonds. The van der Waals surface area contributed by atoms with Crippen molar-refractivity contribution in [1.82, 2.24) is 4.98 Å². The minimum atomic E-state index is -0.550. The Balaban J connectivity index is 1.93. The molecule has 24 heavy (non-hydrogen) atoms. The van der Waals surface area contributed by atoms with Crippen molar-refractivity contribution in [3.05, 3.63) is 47.8 Å². The molecule has 4 N–H and O–H groups in total. The zero-order valence-corrected chi connectivity index (χ0v) is 13.0. The van der Waals surface area contributed by atoms with Crippen LogP contribution in [0.1, 0.15) is 27.3 Å². The summed E-state index contributed by atoms with van der Waals surface area (Å²) in [7, 11) is 1.26. The van der Waals surface area contributed by atoms with Crippen LogP contribution in [0, 0.1) is 0 Å². The van der Waals surface area contributed by atoms with Gasteiger partial charge in [-0.05, 0) is 30.3 Å². The molecule has 1 heterocycles. The van der Waals surface area contributed by atoms with E-state index < -0.39 is 11.9 Å². The summed E-state index contributed by atoms with van der Waals surface area (Å²) in [5.74, 6) is -0.795. The lowest BCUT2D eigenvalue weighted by atomic mass is 10.2. The van der Waals surface area contributed by atoms with E-state index in [1.54, 1.807) is 24.3 Å². The summed E-state index contributed by atoms with van der Waals surface area (Å²) < 4.78 is 9.90. The number of nitrogens with two attached hydrogens (primary N) is 1. The Morgan fingerprint density at radius 2 is 1.92 bits per heavy atom. The first-order valence-corrected chi connectivity index (χ1v) is 7.09. The highest BCUT2D eigenvalue weighted by atomic mass is 16.5. The third-order valence-electron chi connectivity index (χ3n) is 3.08. The van der Waals surface area contributed by atoms with Gasteiger partial charge in [0.2, 0.25) is 5.91 Å². The van der Waals surface area contributed by atoms with Gasteiger partial charge in [0, 0.05) is 11.9 Å². The van der Waals surface area contributed by atoms with E-state index in [9.17, 15) is 14.4 Å². The number of nitrogens with one attached hydrogen (secondary N) is 2. The summed E-state index contributed by atoms with van der Waals surface area (Å²) in [6.45, 7) is 0.195. The lowest BCUT2D eigenvalue weighted by Gasteiger charge is -2.07. The van der Waals surface area contributed by atoms with Crippen molar-refractivity contribution >= 4 is 23.5 Å². The van der Waals surface area contributed by atoms with E-state index in [-0.39, 0.29) is 24.6 Å². The topological polar surface area (TPSA) is 124 Å². The molecule has 0 saturated heterocycles. The quantitative estimate of drug-likeness (QED) is 0.660. The first-order valence-electron chi connectivity index (χ1n) is 7.09. The van der Waals surface area contributed by atoms with Crippen LogP contribution < -0.4 is 15.8 Å². The number of carbonyl (C=O) groups is 3. The summed E-state index contributed by atoms with van der Waals surface area (Å²) in [5, 5.41) is 2.69. The largest absolute Gasteiger partial charge is 0.493 e. The molecule has 0 fully saturated rings. The Labute approximate surface area is 137 Å². The van der Waals surface area contributed by atoms with Crippen molar-refractivity contribution in [3.8, 4) is 5.75 Å². The highest BCUT2D eigenvalue weighted by Gasteiger charge is 2.13. The van der Waals surface area contributed by atoms with Crippen LogP contribution in [0.3, 0.4) is 0 Å². The molecule has 8 nitrogen and oxygen atoms in total. The molecular formula is C16H17N3O5. The number of methoxy groups -OCH3 is 1. The predicted octanol–water partition coefficient (Wildman–Crippen LogP) is 1.31. The SMILES string of the molecule is COC(=O)c1cc(C(=O)Nc2ccc(OCCC(N)=O)cc2)c[nH]1. The van der Waals surface area contributed by atoms with Gasteiger partial charge in [0.05, 0.1) is 25.7 Å². The highest BCUT2D eigenvalue weighted by molar-refractivity contribution is 6.05. The maximum atomic E-state index is 12.1.